The summed E-state index contributed by atoms with van der Waals surface area (Å²) in [5.74, 6) is 0. The Hall–Kier alpha value is -0.940. The van der Waals surface area contributed by atoms with Gasteiger partial charge in [-0.1, -0.05) is 12.1 Å². The Morgan fingerprint density at radius 1 is 1.16 bits per heavy atom. The Balaban J connectivity index is 1.79. The zero-order valence-electron chi connectivity index (χ0n) is 12.7. The molecule has 1 aliphatic heterocycles. The number of nitrogens with zero attached hydrogens (tertiary/aromatic N) is 1. The lowest BCUT2D eigenvalue weighted by atomic mass is 10.1. The molecule has 2 aromatic rings. The van der Waals surface area contributed by atoms with Crippen LogP contribution in [0.15, 0.2) is 44.4 Å². The van der Waals surface area contributed by atoms with Crippen LogP contribution in [0.5, 0.6) is 0 Å². The van der Waals surface area contributed by atoms with Crippen LogP contribution >= 0.6 is 27.3 Å². The maximum Gasteiger partial charge on any atom is 0.416 e. The van der Waals surface area contributed by atoms with Gasteiger partial charge in [-0.15, -0.1) is 11.3 Å². The third-order valence-electron chi connectivity index (χ3n) is 3.78. The summed E-state index contributed by atoms with van der Waals surface area (Å²) in [4.78, 5) is 0. The van der Waals surface area contributed by atoms with Crippen LogP contribution in [0.2, 0.25) is 0 Å². The van der Waals surface area contributed by atoms with Crippen molar-refractivity contribution in [2.45, 2.75) is 16.5 Å². The molecule has 0 bridgehead atoms. The van der Waals surface area contributed by atoms with Crippen molar-refractivity contribution in [2.75, 3.05) is 19.7 Å². The van der Waals surface area contributed by atoms with Gasteiger partial charge in [-0.05, 0) is 45.8 Å². The molecule has 0 spiro atoms. The minimum absolute atomic E-state index is 0.0587. The standard InChI is InChI=1S/C15H13BrF3NO3S2/c16-13-5-6-14(24-13)25(21,22)20-7-8-23-12(9-20)10-1-3-11(4-2-10)15(17,18)19/h1-6,12H,7-9H2/t12-/m1/s1. The molecule has 1 fully saturated rings. The molecule has 0 aliphatic carbocycles. The minimum Gasteiger partial charge on any atom is -0.371 e. The summed E-state index contributed by atoms with van der Waals surface area (Å²) < 4.78 is 71.1. The van der Waals surface area contributed by atoms with E-state index in [2.05, 4.69) is 15.9 Å². The summed E-state index contributed by atoms with van der Waals surface area (Å²) in [5, 5.41) is 0. The van der Waals surface area contributed by atoms with E-state index < -0.39 is 27.9 Å². The molecule has 25 heavy (non-hydrogen) atoms. The average Bonchev–Trinajstić information content (AvgIpc) is 3.02. The Morgan fingerprint density at radius 2 is 1.84 bits per heavy atom. The Kier molecular flexibility index (Phi) is 5.27. The van der Waals surface area contributed by atoms with E-state index in [-0.39, 0.29) is 23.9 Å². The number of halogens is 4. The van der Waals surface area contributed by atoms with E-state index in [1.54, 1.807) is 6.07 Å². The second-order valence-electron chi connectivity index (χ2n) is 5.40. The Bertz CT molecular complexity index is 850. The van der Waals surface area contributed by atoms with Crippen LogP contribution < -0.4 is 0 Å². The molecule has 0 unspecified atom stereocenters. The van der Waals surface area contributed by atoms with Crippen LogP contribution in [-0.4, -0.2) is 32.4 Å². The molecule has 1 aliphatic rings. The summed E-state index contributed by atoms with van der Waals surface area (Å²) in [6.07, 6.45) is -5.01. The molecule has 2 heterocycles. The van der Waals surface area contributed by atoms with Crippen LogP contribution in [0.25, 0.3) is 0 Å². The highest BCUT2D eigenvalue weighted by atomic mass is 79.9. The van der Waals surface area contributed by atoms with Crippen molar-refractivity contribution in [1.29, 1.82) is 0 Å². The largest absolute Gasteiger partial charge is 0.416 e. The highest BCUT2D eigenvalue weighted by Gasteiger charge is 2.34. The number of morpholine rings is 1. The third-order valence-corrected chi connectivity index (χ3v) is 7.74. The molecule has 0 N–H and O–H groups in total. The van der Waals surface area contributed by atoms with Gasteiger partial charge in [0.1, 0.15) is 4.21 Å². The Morgan fingerprint density at radius 3 is 2.40 bits per heavy atom. The third kappa shape index (κ3) is 4.08. The van der Waals surface area contributed by atoms with Crippen molar-refractivity contribution in [3.8, 4) is 0 Å². The first kappa shape index (κ1) is 18.8. The molecule has 1 aromatic carbocycles. The first-order valence-corrected chi connectivity index (χ1v) is 10.3. The van der Waals surface area contributed by atoms with Crippen LogP contribution in [0.1, 0.15) is 17.2 Å². The smallest absolute Gasteiger partial charge is 0.371 e. The van der Waals surface area contributed by atoms with Gasteiger partial charge in [-0.25, -0.2) is 8.42 Å². The van der Waals surface area contributed by atoms with Crippen LogP contribution in [0, 0.1) is 0 Å². The molecule has 4 nitrogen and oxygen atoms in total. The predicted octanol–water partition coefficient (Wildman–Crippen LogP) is 4.29. The van der Waals surface area contributed by atoms with Crippen molar-refractivity contribution in [3.63, 3.8) is 0 Å². The van der Waals surface area contributed by atoms with Crippen LogP contribution in [0.3, 0.4) is 0 Å². The molecule has 3 rings (SSSR count). The van der Waals surface area contributed by atoms with Crippen LogP contribution in [0.4, 0.5) is 13.2 Å². The molecule has 1 saturated heterocycles. The fourth-order valence-corrected chi connectivity index (χ4v) is 6.08. The van der Waals surface area contributed by atoms with Crippen molar-refractivity contribution in [3.05, 3.63) is 51.3 Å². The summed E-state index contributed by atoms with van der Waals surface area (Å²) in [7, 11) is -3.65. The number of alkyl halides is 3. The fraction of sp³-hybridized carbons (Fsp3) is 0.333. The SMILES string of the molecule is O=S(=O)(c1ccc(Br)s1)N1CCO[C@@H](c2ccc(C(F)(F)F)cc2)C1. The lowest BCUT2D eigenvalue weighted by molar-refractivity contribution is -0.137. The van der Waals surface area contributed by atoms with E-state index in [0.29, 0.717) is 9.35 Å². The van der Waals surface area contributed by atoms with Gasteiger partial charge in [0.15, 0.2) is 0 Å². The van der Waals surface area contributed by atoms with Crippen molar-refractivity contribution < 1.29 is 26.3 Å². The van der Waals surface area contributed by atoms with Gasteiger partial charge < -0.3 is 4.74 Å². The normalized spacial score (nSPS) is 19.9. The zero-order valence-corrected chi connectivity index (χ0v) is 15.9. The molecular formula is C15H13BrF3NO3S2. The van der Waals surface area contributed by atoms with E-state index in [0.717, 1.165) is 23.5 Å². The lowest BCUT2D eigenvalue weighted by Gasteiger charge is -2.32. The van der Waals surface area contributed by atoms with E-state index >= 15 is 0 Å². The highest BCUT2D eigenvalue weighted by Crippen LogP contribution is 2.33. The highest BCUT2D eigenvalue weighted by molar-refractivity contribution is 9.11. The minimum atomic E-state index is -4.41. The molecule has 0 saturated carbocycles. The maximum absolute atomic E-state index is 12.7. The summed E-state index contributed by atoms with van der Waals surface area (Å²) in [6.45, 7) is 0.440. The van der Waals surface area contributed by atoms with Gasteiger partial charge in [0.05, 0.1) is 22.1 Å². The fourth-order valence-electron chi connectivity index (χ4n) is 2.50. The van der Waals surface area contributed by atoms with Gasteiger partial charge >= 0.3 is 6.18 Å². The van der Waals surface area contributed by atoms with Crippen LogP contribution in [-0.2, 0) is 20.9 Å². The van der Waals surface area contributed by atoms with E-state index in [1.807, 2.05) is 0 Å². The summed E-state index contributed by atoms with van der Waals surface area (Å²) in [5.41, 5.74) is -0.236. The van der Waals surface area contributed by atoms with Gasteiger partial charge in [0.2, 0.25) is 0 Å². The molecule has 1 aromatic heterocycles. The number of benzene rings is 1. The summed E-state index contributed by atoms with van der Waals surface area (Å²) >= 11 is 4.35. The van der Waals surface area contributed by atoms with Gasteiger partial charge in [-0.2, -0.15) is 17.5 Å². The van der Waals surface area contributed by atoms with E-state index in [4.69, 9.17) is 4.74 Å². The topological polar surface area (TPSA) is 46.6 Å². The monoisotopic (exact) mass is 455 g/mol. The molecule has 0 amide bonds. The van der Waals surface area contributed by atoms with Gasteiger partial charge in [0, 0.05) is 13.1 Å². The van der Waals surface area contributed by atoms with Crippen molar-refractivity contribution >= 4 is 37.3 Å². The van der Waals surface area contributed by atoms with Crippen molar-refractivity contribution in [2.24, 2.45) is 0 Å². The number of rotatable bonds is 3. The molecular weight excluding hydrogens is 443 g/mol. The zero-order chi connectivity index (χ0) is 18.2. The first-order chi connectivity index (χ1) is 11.7. The first-order valence-electron chi connectivity index (χ1n) is 7.22. The second-order valence-corrected chi connectivity index (χ2v) is 10.0. The van der Waals surface area contributed by atoms with E-state index in [1.165, 1.54) is 22.5 Å². The Labute approximate surface area is 155 Å². The maximum atomic E-state index is 12.7. The van der Waals surface area contributed by atoms with Crippen molar-refractivity contribution in [1.82, 2.24) is 4.31 Å². The molecule has 1 atom stereocenters. The molecule has 0 radical (unpaired) electrons. The molecule has 10 heteroatoms. The lowest BCUT2D eigenvalue weighted by Crippen LogP contribution is -2.41. The quantitative estimate of drug-likeness (QED) is 0.693. The number of hydrogen-bond donors (Lipinski definition) is 0. The number of ether oxygens (including phenoxy) is 1. The second kappa shape index (κ2) is 6.99. The van der Waals surface area contributed by atoms with Gasteiger partial charge in [0.25, 0.3) is 10.0 Å². The average molecular weight is 456 g/mol. The number of sulfonamides is 1. The van der Waals surface area contributed by atoms with Gasteiger partial charge in [-0.3, -0.25) is 0 Å². The number of hydrogen-bond acceptors (Lipinski definition) is 4. The predicted molar refractivity (Wildman–Crippen MR) is 90.9 cm³/mol. The number of thiophene rings is 1. The van der Waals surface area contributed by atoms with E-state index in [9.17, 15) is 21.6 Å². The molecule has 136 valence electrons. The summed E-state index contributed by atoms with van der Waals surface area (Å²) in [6, 6.07) is 7.78.